The third-order valence-corrected chi connectivity index (χ3v) is 4.16. The highest BCUT2D eigenvalue weighted by Gasteiger charge is 2.54. The minimum atomic E-state index is -4.87. The Hall–Kier alpha value is -1.51. The van der Waals surface area contributed by atoms with E-state index in [9.17, 15) is 22.8 Å². The molecule has 2 fully saturated rings. The van der Waals surface area contributed by atoms with Crippen molar-refractivity contribution in [2.75, 3.05) is 32.7 Å². The number of hydrogen-bond donors (Lipinski definition) is 2. The van der Waals surface area contributed by atoms with E-state index in [1.165, 1.54) is 4.90 Å². The summed E-state index contributed by atoms with van der Waals surface area (Å²) in [4.78, 5) is 24.4. The van der Waals surface area contributed by atoms with Gasteiger partial charge in [0.15, 0.2) is 0 Å². The van der Waals surface area contributed by atoms with Crippen LogP contribution < -0.4 is 10.6 Å². The summed E-state index contributed by atoms with van der Waals surface area (Å²) in [6.45, 7) is 7.21. The summed E-state index contributed by atoms with van der Waals surface area (Å²) in [5.41, 5.74) is -0.885. The molecule has 2 aliphatic heterocycles. The molecular formula is C14H22F3N3O3. The van der Waals surface area contributed by atoms with Gasteiger partial charge < -0.3 is 20.3 Å². The van der Waals surface area contributed by atoms with Crippen LogP contribution in [-0.4, -0.2) is 61.4 Å². The summed E-state index contributed by atoms with van der Waals surface area (Å²) < 4.78 is 42.0. The highest BCUT2D eigenvalue weighted by atomic mass is 19.4. The Balaban J connectivity index is 1.86. The molecule has 23 heavy (non-hydrogen) atoms. The van der Waals surface area contributed by atoms with Crippen molar-refractivity contribution >= 4 is 12.0 Å². The molecular weight excluding hydrogens is 315 g/mol. The van der Waals surface area contributed by atoms with Crippen LogP contribution >= 0.6 is 0 Å². The average molecular weight is 337 g/mol. The van der Waals surface area contributed by atoms with Crippen molar-refractivity contribution in [3.63, 3.8) is 0 Å². The SMILES string of the molecule is CC(C)(C)OC(=O)N1CC2(CNCC2CNC(=O)C(F)(F)F)C1. The second kappa shape index (κ2) is 5.85. The fraction of sp³-hybridized carbons (Fsp3) is 0.857. The minimum Gasteiger partial charge on any atom is -0.444 e. The maximum atomic E-state index is 12.2. The first-order chi connectivity index (χ1) is 10.4. The molecule has 0 radical (unpaired) electrons. The molecule has 0 saturated carbocycles. The Morgan fingerprint density at radius 1 is 1.30 bits per heavy atom. The van der Waals surface area contributed by atoms with Gasteiger partial charge in [-0.2, -0.15) is 13.2 Å². The summed E-state index contributed by atoms with van der Waals surface area (Å²) in [6, 6.07) is 0. The van der Waals surface area contributed by atoms with E-state index in [2.05, 4.69) is 5.32 Å². The lowest BCUT2D eigenvalue weighted by Crippen LogP contribution is -2.64. The topological polar surface area (TPSA) is 70.7 Å². The molecule has 2 amide bonds. The molecule has 0 aromatic heterocycles. The van der Waals surface area contributed by atoms with Gasteiger partial charge >= 0.3 is 18.2 Å². The predicted molar refractivity (Wildman–Crippen MR) is 75.7 cm³/mol. The smallest absolute Gasteiger partial charge is 0.444 e. The Bertz CT molecular complexity index is 482. The van der Waals surface area contributed by atoms with Crippen molar-refractivity contribution in [3.05, 3.63) is 0 Å². The number of carbonyl (C=O) groups is 2. The van der Waals surface area contributed by atoms with E-state index in [-0.39, 0.29) is 17.9 Å². The number of rotatable bonds is 2. The fourth-order valence-electron chi connectivity index (χ4n) is 3.00. The van der Waals surface area contributed by atoms with Crippen LogP contribution in [-0.2, 0) is 9.53 Å². The summed E-state index contributed by atoms with van der Waals surface area (Å²) in [5.74, 6) is -2.07. The fourth-order valence-corrected chi connectivity index (χ4v) is 3.00. The second-order valence-corrected chi connectivity index (χ2v) is 7.23. The monoisotopic (exact) mass is 337 g/mol. The normalized spacial score (nSPS) is 23.6. The van der Waals surface area contributed by atoms with Crippen LogP contribution in [0.15, 0.2) is 0 Å². The number of nitrogens with zero attached hydrogens (tertiary/aromatic N) is 1. The van der Waals surface area contributed by atoms with Crippen LogP contribution in [0.2, 0.25) is 0 Å². The summed E-state index contributed by atoms with van der Waals surface area (Å²) >= 11 is 0. The van der Waals surface area contributed by atoms with Gasteiger partial charge in [0.05, 0.1) is 0 Å². The van der Waals surface area contributed by atoms with Crippen LogP contribution in [0.4, 0.5) is 18.0 Å². The second-order valence-electron chi connectivity index (χ2n) is 7.23. The van der Waals surface area contributed by atoms with E-state index in [1.54, 1.807) is 20.8 Å². The maximum absolute atomic E-state index is 12.2. The standard InChI is InChI=1S/C14H22F3N3O3/c1-12(2,3)23-11(22)20-7-13(8-20)6-18-4-9(13)5-19-10(21)14(15,16)17/h9,18H,4-8H2,1-3H3,(H,19,21). The van der Waals surface area contributed by atoms with Gasteiger partial charge in [-0.3, -0.25) is 4.79 Å². The van der Waals surface area contributed by atoms with Crippen LogP contribution in [0, 0.1) is 11.3 Å². The van der Waals surface area contributed by atoms with E-state index in [0.29, 0.717) is 26.2 Å². The Morgan fingerprint density at radius 3 is 2.43 bits per heavy atom. The third-order valence-electron chi connectivity index (χ3n) is 4.16. The number of amides is 2. The summed E-state index contributed by atoms with van der Waals surface area (Å²) in [7, 11) is 0. The van der Waals surface area contributed by atoms with E-state index in [1.807, 2.05) is 5.32 Å². The van der Waals surface area contributed by atoms with Crippen molar-refractivity contribution in [1.29, 1.82) is 0 Å². The molecule has 2 N–H and O–H groups in total. The number of alkyl halides is 3. The minimum absolute atomic E-state index is 0.0620. The molecule has 0 aliphatic carbocycles. The first-order valence-electron chi connectivity index (χ1n) is 7.47. The number of hydrogen-bond acceptors (Lipinski definition) is 4. The van der Waals surface area contributed by atoms with Gasteiger partial charge in [-0.15, -0.1) is 0 Å². The van der Waals surface area contributed by atoms with Crippen molar-refractivity contribution < 1.29 is 27.5 Å². The van der Waals surface area contributed by atoms with Gasteiger partial charge in [-0.25, -0.2) is 4.79 Å². The van der Waals surface area contributed by atoms with E-state index < -0.39 is 23.8 Å². The first-order valence-corrected chi connectivity index (χ1v) is 7.47. The van der Waals surface area contributed by atoms with Gasteiger partial charge in [0.2, 0.25) is 0 Å². The molecule has 1 spiro atoms. The number of carbonyl (C=O) groups excluding carboxylic acids is 2. The van der Waals surface area contributed by atoms with Crippen molar-refractivity contribution in [2.45, 2.75) is 32.5 Å². The molecule has 132 valence electrons. The van der Waals surface area contributed by atoms with Gasteiger partial charge in [-0.1, -0.05) is 0 Å². The Kier molecular flexibility index (Phi) is 4.53. The number of ether oxygens (including phenoxy) is 1. The van der Waals surface area contributed by atoms with E-state index >= 15 is 0 Å². The number of likely N-dealkylation sites (tertiary alicyclic amines) is 1. The molecule has 1 unspecified atom stereocenters. The quantitative estimate of drug-likeness (QED) is 0.792. The largest absolute Gasteiger partial charge is 0.471 e. The van der Waals surface area contributed by atoms with E-state index in [4.69, 9.17) is 4.74 Å². The van der Waals surface area contributed by atoms with Crippen molar-refractivity contribution in [1.82, 2.24) is 15.5 Å². The third kappa shape index (κ3) is 4.07. The Labute approximate surface area is 132 Å². The van der Waals surface area contributed by atoms with Crippen LogP contribution in [0.1, 0.15) is 20.8 Å². The lowest BCUT2D eigenvalue weighted by molar-refractivity contribution is -0.174. The molecule has 2 aliphatic rings. The van der Waals surface area contributed by atoms with Crippen molar-refractivity contribution in [3.8, 4) is 0 Å². The molecule has 0 aromatic rings. The van der Waals surface area contributed by atoms with Crippen LogP contribution in [0.25, 0.3) is 0 Å². The van der Waals surface area contributed by atoms with Gasteiger partial charge in [-0.05, 0) is 26.7 Å². The van der Waals surface area contributed by atoms with Crippen LogP contribution in [0.5, 0.6) is 0 Å². The zero-order chi connectivity index (χ0) is 17.5. The predicted octanol–water partition coefficient (Wildman–Crippen LogP) is 1.12. The molecule has 9 heteroatoms. The molecule has 1 atom stereocenters. The lowest BCUT2D eigenvalue weighted by atomic mass is 9.71. The number of nitrogens with one attached hydrogen (secondary N) is 2. The van der Waals surface area contributed by atoms with Gasteiger partial charge in [0.25, 0.3) is 0 Å². The zero-order valence-electron chi connectivity index (χ0n) is 13.4. The first kappa shape index (κ1) is 17.8. The molecule has 2 heterocycles. The van der Waals surface area contributed by atoms with Gasteiger partial charge in [0.1, 0.15) is 5.60 Å². The zero-order valence-corrected chi connectivity index (χ0v) is 13.4. The molecule has 2 saturated heterocycles. The average Bonchev–Trinajstić information content (AvgIpc) is 2.74. The molecule has 0 aromatic carbocycles. The maximum Gasteiger partial charge on any atom is 0.471 e. The number of halogens is 3. The lowest BCUT2D eigenvalue weighted by Gasteiger charge is -2.50. The highest BCUT2D eigenvalue weighted by molar-refractivity contribution is 5.81. The van der Waals surface area contributed by atoms with Gasteiger partial charge in [0, 0.05) is 38.1 Å². The molecule has 6 nitrogen and oxygen atoms in total. The summed E-state index contributed by atoms with van der Waals surface area (Å²) in [5, 5.41) is 5.06. The molecule has 0 bridgehead atoms. The van der Waals surface area contributed by atoms with Crippen molar-refractivity contribution in [2.24, 2.45) is 11.3 Å². The van der Waals surface area contributed by atoms with Crippen LogP contribution in [0.3, 0.4) is 0 Å². The summed E-state index contributed by atoms with van der Waals surface area (Å²) in [6.07, 6.45) is -5.30. The van der Waals surface area contributed by atoms with E-state index in [0.717, 1.165) is 0 Å². The molecule has 2 rings (SSSR count). The highest BCUT2D eigenvalue weighted by Crippen LogP contribution is 2.41. The Morgan fingerprint density at radius 2 is 1.91 bits per heavy atom.